The van der Waals surface area contributed by atoms with Crippen LogP contribution in [0.15, 0.2) is 30.5 Å². The van der Waals surface area contributed by atoms with Crippen LogP contribution in [0.2, 0.25) is 0 Å². The average molecular weight is 405 g/mol. The fourth-order valence-corrected chi connectivity index (χ4v) is 3.55. The Bertz CT molecular complexity index is 953. The van der Waals surface area contributed by atoms with Crippen LogP contribution in [-0.4, -0.2) is 36.1 Å². The van der Waals surface area contributed by atoms with Crippen molar-refractivity contribution in [2.75, 3.05) is 12.4 Å². The number of halogens is 2. The standard InChI is InChI=1S/C20H21F2N3O4/c1-9-10(2)29-18(15(9)12-4-5-13(21)16(22)17(12)28-3)20(27)25-11-6-7-24-14(8-11)19(23)26/h4-10,15,18H,1-3H3,(H2,23,26)(H,24,25,27)/t9-,10+,15-,18+/m0/s1. The summed E-state index contributed by atoms with van der Waals surface area (Å²) < 4.78 is 38.8. The molecule has 154 valence electrons. The summed E-state index contributed by atoms with van der Waals surface area (Å²) in [4.78, 5) is 28.1. The summed E-state index contributed by atoms with van der Waals surface area (Å²) in [6, 6.07) is 5.24. The van der Waals surface area contributed by atoms with Crippen LogP contribution in [0.3, 0.4) is 0 Å². The molecule has 2 heterocycles. The van der Waals surface area contributed by atoms with Crippen LogP contribution >= 0.6 is 0 Å². The Kier molecular flexibility index (Phi) is 5.78. The van der Waals surface area contributed by atoms with Gasteiger partial charge in [0.1, 0.15) is 11.8 Å². The molecule has 0 aliphatic carbocycles. The molecule has 2 amide bonds. The first kappa shape index (κ1) is 20.7. The van der Waals surface area contributed by atoms with Gasteiger partial charge in [-0.1, -0.05) is 13.0 Å². The molecule has 1 aromatic heterocycles. The minimum Gasteiger partial charge on any atom is -0.493 e. The number of nitrogens with one attached hydrogen (secondary N) is 1. The number of rotatable bonds is 5. The van der Waals surface area contributed by atoms with Gasteiger partial charge in [-0.05, 0) is 31.0 Å². The summed E-state index contributed by atoms with van der Waals surface area (Å²) in [6.45, 7) is 3.66. The van der Waals surface area contributed by atoms with Gasteiger partial charge in [-0.3, -0.25) is 14.6 Å². The fraction of sp³-hybridized carbons (Fsp3) is 0.350. The molecule has 0 spiro atoms. The van der Waals surface area contributed by atoms with E-state index in [0.29, 0.717) is 11.3 Å². The lowest BCUT2D eigenvalue weighted by atomic mass is 9.82. The number of anilines is 1. The van der Waals surface area contributed by atoms with E-state index in [-0.39, 0.29) is 23.5 Å². The summed E-state index contributed by atoms with van der Waals surface area (Å²) in [5.41, 5.74) is 5.86. The van der Waals surface area contributed by atoms with Crippen LogP contribution in [0.4, 0.5) is 14.5 Å². The number of amides is 2. The van der Waals surface area contributed by atoms with Gasteiger partial charge in [0, 0.05) is 23.4 Å². The summed E-state index contributed by atoms with van der Waals surface area (Å²) in [6.07, 6.45) is 0.0444. The number of carbonyl (C=O) groups excluding carboxylic acids is 2. The first-order chi connectivity index (χ1) is 13.7. The Labute approximate surface area is 166 Å². The average Bonchev–Trinajstić information content (AvgIpc) is 2.99. The van der Waals surface area contributed by atoms with Crippen molar-refractivity contribution in [1.29, 1.82) is 0 Å². The lowest BCUT2D eigenvalue weighted by Crippen LogP contribution is -2.33. The zero-order valence-corrected chi connectivity index (χ0v) is 16.1. The van der Waals surface area contributed by atoms with Crippen molar-refractivity contribution in [1.82, 2.24) is 4.98 Å². The van der Waals surface area contributed by atoms with Gasteiger partial charge in [0.25, 0.3) is 11.8 Å². The summed E-state index contributed by atoms with van der Waals surface area (Å²) >= 11 is 0. The fourth-order valence-electron chi connectivity index (χ4n) is 3.55. The predicted octanol–water partition coefficient (Wildman–Crippen LogP) is 2.61. The Morgan fingerprint density at radius 3 is 2.62 bits per heavy atom. The third-order valence-corrected chi connectivity index (χ3v) is 5.18. The highest BCUT2D eigenvalue weighted by Gasteiger charge is 2.46. The number of ether oxygens (including phenoxy) is 2. The van der Waals surface area contributed by atoms with Crippen LogP contribution in [0.25, 0.3) is 0 Å². The molecule has 0 saturated carbocycles. The maximum absolute atomic E-state index is 14.2. The van der Waals surface area contributed by atoms with Crippen LogP contribution in [0.1, 0.15) is 35.8 Å². The van der Waals surface area contributed by atoms with Gasteiger partial charge < -0.3 is 20.5 Å². The SMILES string of the molecule is COc1c([C@@H]2[C@@H](C)[C@@H](C)O[C@H]2C(=O)Nc2ccnc(C(N)=O)c2)ccc(F)c1F. The molecule has 0 radical (unpaired) electrons. The third kappa shape index (κ3) is 3.91. The maximum atomic E-state index is 14.2. The quantitative estimate of drug-likeness (QED) is 0.796. The van der Waals surface area contributed by atoms with E-state index in [2.05, 4.69) is 10.3 Å². The van der Waals surface area contributed by atoms with E-state index in [4.69, 9.17) is 15.2 Å². The number of pyridine rings is 1. The normalized spacial score (nSPS) is 23.6. The van der Waals surface area contributed by atoms with Crippen LogP contribution in [0.5, 0.6) is 5.75 Å². The van der Waals surface area contributed by atoms with Gasteiger partial charge >= 0.3 is 0 Å². The first-order valence-electron chi connectivity index (χ1n) is 8.98. The first-order valence-corrected chi connectivity index (χ1v) is 8.98. The topological polar surface area (TPSA) is 104 Å². The minimum atomic E-state index is -1.11. The number of aromatic nitrogens is 1. The second-order valence-corrected chi connectivity index (χ2v) is 6.91. The molecule has 0 unspecified atom stereocenters. The molecule has 4 atom stereocenters. The number of carbonyl (C=O) groups is 2. The molecule has 0 bridgehead atoms. The van der Waals surface area contributed by atoms with E-state index >= 15 is 0 Å². The van der Waals surface area contributed by atoms with E-state index in [1.807, 2.05) is 6.92 Å². The van der Waals surface area contributed by atoms with Crippen molar-refractivity contribution in [2.24, 2.45) is 11.7 Å². The number of benzene rings is 1. The van der Waals surface area contributed by atoms with Gasteiger partial charge in [0.15, 0.2) is 11.6 Å². The molecule has 2 aromatic rings. The highest BCUT2D eigenvalue weighted by molar-refractivity contribution is 5.97. The van der Waals surface area contributed by atoms with Crippen LogP contribution < -0.4 is 15.8 Å². The van der Waals surface area contributed by atoms with Crippen LogP contribution in [0, 0.1) is 17.6 Å². The smallest absolute Gasteiger partial charge is 0.267 e. The number of hydrogen-bond donors (Lipinski definition) is 2. The molecule has 7 nitrogen and oxygen atoms in total. The molecule has 29 heavy (non-hydrogen) atoms. The van der Waals surface area contributed by atoms with E-state index in [1.165, 1.54) is 31.5 Å². The monoisotopic (exact) mass is 405 g/mol. The second-order valence-electron chi connectivity index (χ2n) is 6.91. The highest BCUT2D eigenvalue weighted by atomic mass is 19.2. The van der Waals surface area contributed by atoms with Gasteiger partial charge in [0.2, 0.25) is 5.82 Å². The summed E-state index contributed by atoms with van der Waals surface area (Å²) in [7, 11) is 1.24. The van der Waals surface area contributed by atoms with E-state index < -0.39 is 35.5 Å². The highest BCUT2D eigenvalue weighted by Crippen LogP contribution is 2.44. The Hall–Kier alpha value is -3.07. The van der Waals surface area contributed by atoms with Gasteiger partial charge in [-0.15, -0.1) is 0 Å². The number of primary amides is 1. The predicted molar refractivity (Wildman–Crippen MR) is 101 cm³/mol. The van der Waals surface area contributed by atoms with Crippen molar-refractivity contribution in [3.63, 3.8) is 0 Å². The Morgan fingerprint density at radius 1 is 1.24 bits per heavy atom. The third-order valence-electron chi connectivity index (χ3n) is 5.18. The maximum Gasteiger partial charge on any atom is 0.267 e. The lowest BCUT2D eigenvalue weighted by Gasteiger charge is -2.23. The van der Waals surface area contributed by atoms with E-state index in [1.54, 1.807) is 6.92 Å². The minimum absolute atomic E-state index is 0.00398. The molecule has 3 rings (SSSR count). The largest absolute Gasteiger partial charge is 0.493 e. The lowest BCUT2D eigenvalue weighted by molar-refractivity contribution is -0.127. The molecule has 1 fully saturated rings. The van der Waals surface area contributed by atoms with E-state index in [9.17, 15) is 18.4 Å². The Morgan fingerprint density at radius 2 is 1.97 bits per heavy atom. The number of methoxy groups -OCH3 is 1. The molecular weight excluding hydrogens is 384 g/mol. The van der Waals surface area contributed by atoms with Crippen molar-refractivity contribution >= 4 is 17.5 Å². The molecular formula is C20H21F2N3O4. The van der Waals surface area contributed by atoms with Crippen molar-refractivity contribution in [3.8, 4) is 5.75 Å². The van der Waals surface area contributed by atoms with Crippen molar-refractivity contribution < 1.29 is 27.8 Å². The number of hydrogen-bond acceptors (Lipinski definition) is 5. The molecule has 3 N–H and O–H groups in total. The van der Waals surface area contributed by atoms with Crippen molar-refractivity contribution in [3.05, 3.63) is 53.4 Å². The second kappa shape index (κ2) is 8.12. The summed E-state index contributed by atoms with van der Waals surface area (Å²) in [5, 5.41) is 2.66. The number of nitrogens with two attached hydrogens (primary N) is 1. The zero-order chi connectivity index (χ0) is 21.3. The van der Waals surface area contributed by atoms with Crippen LogP contribution in [-0.2, 0) is 9.53 Å². The molecule has 1 saturated heterocycles. The Balaban J connectivity index is 1.94. The zero-order valence-electron chi connectivity index (χ0n) is 16.1. The number of nitrogens with zero attached hydrogens (tertiary/aromatic N) is 1. The van der Waals surface area contributed by atoms with Crippen molar-refractivity contribution in [2.45, 2.75) is 32.0 Å². The van der Waals surface area contributed by atoms with Gasteiger partial charge in [-0.25, -0.2) is 4.39 Å². The molecule has 1 aromatic carbocycles. The molecule has 1 aliphatic heterocycles. The van der Waals surface area contributed by atoms with E-state index in [0.717, 1.165) is 6.07 Å². The molecule has 9 heteroatoms. The summed E-state index contributed by atoms with van der Waals surface area (Å²) in [5.74, 6) is -4.39. The molecule has 1 aliphatic rings. The van der Waals surface area contributed by atoms with Gasteiger partial charge in [0.05, 0.1) is 13.2 Å². The van der Waals surface area contributed by atoms with Gasteiger partial charge in [-0.2, -0.15) is 4.39 Å².